The normalized spacial score (nSPS) is 14.5. The van der Waals surface area contributed by atoms with E-state index in [9.17, 15) is 14.9 Å². The Labute approximate surface area is 144 Å². The number of nitrogens with one attached hydrogen (secondary N) is 1. The number of nitro groups is 1. The molecular weight excluding hydrogens is 324 g/mol. The van der Waals surface area contributed by atoms with Gasteiger partial charge < -0.3 is 5.32 Å². The second-order valence-electron chi connectivity index (χ2n) is 5.78. The fraction of sp³-hybridized carbons (Fsp3) is 0.278. The number of anilines is 1. The Bertz CT molecular complexity index is 740. The number of hydrogen-bond donors (Lipinski definition) is 1. The fourth-order valence-electron chi connectivity index (χ4n) is 2.79. The Morgan fingerprint density at radius 2 is 1.75 bits per heavy atom. The van der Waals surface area contributed by atoms with Crippen LogP contribution in [0.15, 0.2) is 53.4 Å². The van der Waals surface area contributed by atoms with Crippen molar-refractivity contribution >= 4 is 29.0 Å². The lowest BCUT2D eigenvalue weighted by Gasteiger charge is -2.14. The molecule has 2 aromatic carbocycles. The highest BCUT2D eigenvalue weighted by Gasteiger charge is 2.18. The molecule has 1 N–H and O–H groups in total. The minimum atomic E-state index is -0.477. The van der Waals surface area contributed by atoms with Crippen LogP contribution in [0.3, 0.4) is 0 Å². The molecule has 0 unspecified atom stereocenters. The molecular formula is C18H18N2O3S. The number of thioether (sulfide) groups is 1. The lowest BCUT2D eigenvalue weighted by molar-refractivity contribution is -0.384. The maximum Gasteiger partial charge on any atom is 0.269 e. The molecule has 5 nitrogen and oxygen atoms in total. The topological polar surface area (TPSA) is 72.2 Å². The Morgan fingerprint density at radius 1 is 1.08 bits per heavy atom. The van der Waals surface area contributed by atoms with Gasteiger partial charge in [0.1, 0.15) is 0 Å². The zero-order valence-corrected chi connectivity index (χ0v) is 13.9. The average molecular weight is 342 g/mol. The lowest BCUT2D eigenvalue weighted by Crippen LogP contribution is -2.12. The quantitative estimate of drug-likeness (QED) is 0.621. The molecule has 0 aromatic heterocycles. The summed E-state index contributed by atoms with van der Waals surface area (Å²) in [5.41, 5.74) is 1.17. The maximum absolute atomic E-state index is 12.4. The average Bonchev–Trinajstić information content (AvgIpc) is 3.10. The van der Waals surface area contributed by atoms with E-state index in [2.05, 4.69) is 5.32 Å². The van der Waals surface area contributed by atoms with Gasteiger partial charge in [-0.15, -0.1) is 11.8 Å². The summed E-state index contributed by atoms with van der Waals surface area (Å²) in [5, 5.41) is 14.2. The summed E-state index contributed by atoms with van der Waals surface area (Å²) >= 11 is 1.82. The smallest absolute Gasteiger partial charge is 0.269 e. The lowest BCUT2D eigenvalue weighted by atomic mass is 10.2. The number of non-ortho nitro benzene ring substituents is 1. The molecule has 2 aromatic rings. The third-order valence-corrected chi connectivity index (χ3v) is 5.49. The van der Waals surface area contributed by atoms with Crippen LogP contribution < -0.4 is 5.32 Å². The van der Waals surface area contributed by atoms with Gasteiger partial charge in [-0.3, -0.25) is 14.9 Å². The van der Waals surface area contributed by atoms with Crippen LogP contribution in [0.2, 0.25) is 0 Å². The van der Waals surface area contributed by atoms with Gasteiger partial charge in [0, 0.05) is 27.8 Å². The van der Waals surface area contributed by atoms with Crippen molar-refractivity contribution in [1.82, 2.24) is 0 Å². The molecule has 0 heterocycles. The minimum Gasteiger partial charge on any atom is -0.321 e. The van der Waals surface area contributed by atoms with Crippen LogP contribution in [0.25, 0.3) is 0 Å². The van der Waals surface area contributed by atoms with Crippen molar-refractivity contribution in [2.75, 3.05) is 5.32 Å². The largest absolute Gasteiger partial charge is 0.321 e. The molecule has 0 aliphatic heterocycles. The summed E-state index contributed by atoms with van der Waals surface area (Å²) in [6.45, 7) is 0. The van der Waals surface area contributed by atoms with Crippen molar-refractivity contribution in [1.29, 1.82) is 0 Å². The van der Waals surface area contributed by atoms with E-state index in [0.717, 1.165) is 10.6 Å². The van der Waals surface area contributed by atoms with Gasteiger partial charge in [0.05, 0.1) is 10.6 Å². The summed E-state index contributed by atoms with van der Waals surface area (Å²) in [6.07, 6.45) is 4.98. The Kier molecular flexibility index (Phi) is 5.15. The molecule has 1 aliphatic rings. The van der Waals surface area contributed by atoms with E-state index in [0.29, 0.717) is 10.8 Å². The monoisotopic (exact) mass is 342 g/mol. The number of para-hydroxylation sites is 1. The summed E-state index contributed by atoms with van der Waals surface area (Å²) in [4.78, 5) is 23.7. The molecule has 1 amide bonds. The van der Waals surface area contributed by atoms with Gasteiger partial charge in [-0.05, 0) is 37.1 Å². The molecule has 24 heavy (non-hydrogen) atoms. The van der Waals surface area contributed by atoms with Crippen molar-refractivity contribution < 1.29 is 9.72 Å². The van der Waals surface area contributed by atoms with E-state index in [1.807, 2.05) is 36.0 Å². The number of carbonyl (C=O) groups is 1. The van der Waals surface area contributed by atoms with Crippen LogP contribution in [-0.4, -0.2) is 16.1 Å². The summed E-state index contributed by atoms with van der Waals surface area (Å²) in [5.74, 6) is -0.260. The van der Waals surface area contributed by atoms with Gasteiger partial charge in [-0.1, -0.05) is 25.0 Å². The van der Waals surface area contributed by atoms with Crippen molar-refractivity contribution in [3.63, 3.8) is 0 Å². The van der Waals surface area contributed by atoms with Gasteiger partial charge in [-0.25, -0.2) is 0 Å². The van der Waals surface area contributed by atoms with Crippen molar-refractivity contribution in [2.24, 2.45) is 0 Å². The third-order valence-electron chi connectivity index (χ3n) is 4.07. The second kappa shape index (κ2) is 7.49. The van der Waals surface area contributed by atoms with Crippen molar-refractivity contribution in [3.05, 3.63) is 64.2 Å². The molecule has 1 saturated carbocycles. The molecule has 0 saturated heterocycles. The van der Waals surface area contributed by atoms with Crippen molar-refractivity contribution in [3.8, 4) is 0 Å². The van der Waals surface area contributed by atoms with Gasteiger partial charge in [-0.2, -0.15) is 0 Å². The SMILES string of the molecule is O=C(Nc1ccccc1SC1CCCC1)c1ccc([N+](=O)[O-])cc1. The first-order valence-electron chi connectivity index (χ1n) is 7.95. The maximum atomic E-state index is 12.4. The third kappa shape index (κ3) is 3.94. The van der Waals surface area contributed by atoms with Crippen molar-refractivity contribution in [2.45, 2.75) is 35.8 Å². The molecule has 0 atom stereocenters. The number of benzene rings is 2. The van der Waals surface area contributed by atoms with E-state index in [-0.39, 0.29) is 11.6 Å². The van der Waals surface area contributed by atoms with Crippen LogP contribution in [-0.2, 0) is 0 Å². The summed E-state index contributed by atoms with van der Waals surface area (Å²) in [6, 6.07) is 13.4. The molecule has 3 rings (SSSR count). The van der Waals surface area contributed by atoms with E-state index in [4.69, 9.17) is 0 Å². The first-order chi connectivity index (χ1) is 11.6. The molecule has 0 bridgehead atoms. The zero-order chi connectivity index (χ0) is 16.9. The van der Waals surface area contributed by atoms with E-state index < -0.39 is 4.92 Å². The van der Waals surface area contributed by atoms with Gasteiger partial charge >= 0.3 is 0 Å². The number of rotatable bonds is 5. The van der Waals surface area contributed by atoms with Crippen LogP contribution >= 0.6 is 11.8 Å². The van der Waals surface area contributed by atoms with Crippen LogP contribution in [0.5, 0.6) is 0 Å². The first-order valence-corrected chi connectivity index (χ1v) is 8.83. The number of hydrogen-bond acceptors (Lipinski definition) is 4. The molecule has 124 valence electrons. The summed E-state index contributed by atoms with van der Waals surface area (Å²) < 4.78 is 0. The predicted molar refractivity (Wildman–Crippen MR) is 95.6 cm³/mol. The van der Waals surface area contributed by atoms with Crippen LogP contribution in [0.4, 0.5) is 11.4 Å². The van der Waals surface area contributed by atoms with Gasteiger partial charge in [0.15, 0.2) is 0 Å². The molecule has 6 heteroatoms. The highest BCUT2D eigenvalue weighted by Crippen LogP contribution is 2.38. The van der Waals surface area contributed by atoms with E-state index in [1.54, 1.807) is 0 Å². The Morgan fingerprint density at radius 3 is 2.42 bits per heavy atom. The number of nitro benzene ring substituents is 1. The predicted octanol–water partition coefficient (Wildman–Crippen LogP) is 4.88. The highest BCUT2D eigenvalue weighted by atomic mass is 32.2. The zero-order valence-electron chi connectivity index (χ0n) is 13.1. The number of amides is 1. The Hall–Kier alpha value is -2.34. The minimum absolute atomic E-state index is 0.0243. The second-order valence-corrected chi connectivity index (χ2v) is 7.12. The van der Waals surface area contributed by atoms with E-state index >= 15 is 0 Å². The first kappa shape index (κ1) is 16.5. The van der Waals surface area contributed by atoms with Crippen LogP contribution in [0.1, 0.15) is 36.0 Å². The summed E-state index contributed by atoms with van der Waals surface area (Å²) in [7, 11) is 0. The Balaban J connectivity index is 1.72. The standard InChI is InChI=1S/C18H18N2O3S/c21-18(13-9-11-14(12-10-13)20(22)23)19-16-7-3-4-8-17(16)24-15-5-1-2-6-15/h3-4,7-12,15H,1-2,5-6H2,(H,19,21). The van der Waals surface area contributed by atoms with Gasteiger partial charge in [0.25, 0.3) is 11.6 Å². The van der Waals surface area contributed by atoms with Crippen LogP contribution in [0, 0.1) is 10.1 Å². The number of carbonyl (C=O) groups excluding carboxylic acids is 1. The van der Waals surface area contributed by atoms with E-state index in [1.165, 1.54) is 49.9 Å². The molecule has 1 aliphatic carbocycles. The molecule has 1 fully saturated rings. The van der Waals surface area contributed by atoms with Gasteiger partial charge in [0.2, 0.25) is 0 Å². The molecule has 0 radical (unpaired) electrons. The fourth-order valence-corrected chi connectivity index (χ4v) is 4.12. The highest BCUT2D eigenvalue weighted by molar-refractivity contribution is 8.00. The number of nitrogens with zero attached hydrogens (tertiary/aromatic N) is 1. The molecule has 0 spiro atoms.